The third kappa shape index (κ3) is 4.45. The fourth-order valence-corrected chi connectivity index (χ4v) is 3.47. The first-order valence-electron chi connectivity index (χ1n) is 8.11. The van der Waals surface area contributed by atoms with E-state index in [9.17, 15) is 4.79 Å². The van der Waals surface area contributed by atoms with Crippen molar-refractivity contribution < 1.29 is 9.53 Å². The average molecular weight is 284 g/mol. The Morgan fingerprint density at radius 3 is 2.70 bits per heavy atom. The van der Waals surface area contributed by atoms with Gasteiger partial charge in [0.05, 0.1) is 6.10 Å². The Morgan fingerprint density at radius 2 is 2.15 bits per heavy atom. The summed E-state index contributed by atoms with van der Waals surface area (Å²) < 4.78 is 5.84. The minimum Gasteiger partial charge on any atom is -0.378 e. The summed E-state index contributed by atoms with van der Waals surface area (Å²) in [5, 5.41) is 3.44. The van der Waals surface area contributed by atoms with E-state index in [-0.39, 0.29) is 11.9 Å². The highest BCUT2D eigenvalue weighted by Crippen LogP contribution is 2.38. The number of amides is 1. The molecule has 118 valence electrons. The van der Waals surface area contributed by atoms with Crippen molar-refractivity contribution in [1.29, 1.82) is 0 Å². The Kier molecular flexibility index (Phi) is 6.96. The van der Waals surface area contributed by atoms with E-state index in [0.29, 0.717) is 12.0 Å². The summed E-state index contributed by atoms with van der Waals surface area (Å²) in [5.41, 5.74) is 5.19. The van der Waals surface area contributed by atoms with Crippen molar-refractivity contribution in [2.75, 3.05) is 6.61 Å². The standard InChI is InChI=1S/C16H32N2O2/c1-5-7-13(4)20-11-9-14-8-6-10-16(14,15(17)19)18-12(2)3/h12-14,18H,5-11H2,1-4H3,(H2,17,19). The lowest BCUT2D eigenvalue weighted by Crippen LogP contribution is -2.60. The van der Waals surface area contributed by atoms with E-state index in [4.69, 9.17) is 10.5 Å². The summed E-state index contributed by atoms with van der Waals surface area (Å²) in [4.78, 5) is 12.0. The van der Waals surface area contributed by atoms with E-state index >= 15 is 0 Å². The zero-order chi connectivity index (χ0) is 15.2. The van der Waals surface area contributed by atoms with Crippen LogP contribution in [0.5, 0.6) is 0 Å². The normalized spacial score (nSPS) is 27.9. The lowest BCUT2D eigenvalue weighted by atomic mass is 9.83. The highest BCUT2D eigenvalue weighted by atomic mass is 16.5. The molecule has 0 saturated heterocycles. The van der Waals surface area contributed by atoms with Crippen LogP contribution >= 0.6 is 0 Å². The molecule has 0 spiro atoms. The summed E-state index contributed by atoms with van der Waals surface area (Å²) in [6.07, 6.45) is 6.45. The summed E-state index contributed by atoms with van der Waals surface area (Å²) in [5.74, 6) is 0.103. The third-order valence-electron chi connectivity index (χ3n) is 4.37. The molecule has 1 fully saturated rings. The second-order valence-electron chi connectivity index (χ2n) is 6.48. The predicted octanol–water partition coefficient (Wildman–Crippen LogP) is 2.60. The molecule has 0 bridgehead atoms. The average Bonchev–Trinajstić information content (AvgIpc) is 2.73. The molecule has 1 aliphatic rings. The summed E-state index contributed by atoms with van der Waals surface area (Å²) in [7, 11) is 0. The molecular weight excluding hydrogens is 252 g/mol. The number of nitrogens with one attached hydrogen (secondary N) is 1. The fourth-order valence-electron chi connectivity index (χ4n) is 3.47. The van der Waals surface area contributed by atoms with Gasteiger partial charge in [0.15, 0.2) is 0 Å². The van der Waals surface area contributed by atoms with Gasteiger partial charge in [-0.2, -0.15) is 0 Å². The van der Waals surface area contributed by atoms with Gasteiger partial charge in [-0.05, 0) is 52.4 Å². The zero-order valence-electron chi connectivity index (χ0n) is 13.6. The van der Waals surface area contributed by atoms with Crippen molar-refractivity contribution in [3.05, 3.63) is 0 Å². The van der Waals surface area contributed by atoms with Crippen LogP contribution in [0, 0.1) is 5.92 Å². The maximum Gasteiger partial charge on any atom is 0.238 e. The molecule has 0 aromatic carbocycles. The number of carbonyl (C=O) groups is 1. The summed E-state index contributed by atoms with van der Waals surface area (Å²) in [6.45, 7) is 9.15. The van der Waals surface area contributed by atoms with Crippen LogP contribution in [0.15, 0.2) is 0 Å². The van der Waals surface area contributed by atoms with Crippen LogP contribution in [-0.4, -0.2) is 30.2 Å². The molecule has 4 nitrogen and oxygen atoms in total. The molecule has 0 heterocycles. The van der Waals surface area contributed by atoms with Gasteiger partial charge >= 0.3 is 0 Å². The van der Waals surface area contributed by atoms with Gasteiger partial charge in [-0.1, -0.05) is 19.8 Å². The van der Waals surface area contributed by atoms with Crippen LogP contribution in [-0.2, 0) is 9.53 Å². The van der Waals surface area contributed by atoms with Gasteiger partial charge < -0.3 is 15.8 Å². The van der Waals surface area contributed by atoms with Gasteiger partial charge in [0, 0.05) is 12.6 Å². The van der Waals surface area contributed by atoms with Crippen LogP contribution < -0.4 is 11.1 Å². The number of nitrogens with two attached hydrogens (primary N) is 1. The topological polar surface area (TPSA) is 64.3 Å². The molecule has 1 saturated carbocycles. The third-order valence-corrected chi connectivity index (χ3v) is 4.37. The Hall–Kier alpha value is -0.610. The molecule has 0 radical (unpaired) electrons. The molecule has 0 aromatic rings. The molecule has 4 heteroatoms. The van der Waals surface area contributed by atoms with Crippen molar-refractivity contribution in [3.8, 4) is 0 Å². The quantitative estimate of drug-likeness (QED) is 0.684. The minimum atomic E-state index is -0.522. The molecular formula is C16H32N2O2. The van der Waals surface area contributed by atoms with E-state index in [1.165, 1.54) is 0 Å². The molecule has 3 unspecified atom stereocenters. The largest absolute Gasteiger partial charge is 0.378 e. The minimum absolute atomic E-state index is 0.199. The number of hydrogen-bond acceptors (Lipinski definition) is 3. The predicted molar refractivity (Wildman–Crippen MR) is 82.5 cm³/mol. The number of hydrogen-bond donors (Lipinski definition) is 2. The zero-order valence-corrected chi connectivity index (χ0v) is 13.6. The van der Waals surface area contributed by atoms with Crippen molar-refractivity contribution in [2.24, 2.45) is 11.7 Å². The van der Waals surface area contributed by atoms with Crippen LogP contribution in [0.25, 0.3) is 0 Å². The molecule has 1 aliphatic carbocycles. The van der Waals surface area contributed by atoms with Crippen molar-refractivity contribution in [3.63, 3.8) is 0 Å². The van der Waals surface area contributed by atoms with Gasteiger partial charge in [0.2, 0.25) is 5.91 Å². The van der Waals surface area contributed by atoms with Crippen LogP contribution in [0.4, 0.5) is 0 Å². The Morgan fingerprint density at radius 1 is 1.45 bits per heavy atom. The Labute approximate surface area is 123 Å². The van der Waals surface area contributed by atoms with Crippen molar-refractivity contribution in [2.45, 2.75) is 83.9 Å². The first-order chi connectivity index (χ1) is 9.42. The molecule has 1 amide bonds. The van der Waals surface area contributed by atoms with Gasteiger partial charge in [-0.3, -0.25) is 4.79 Å². The van der Waals surface area contributed by atoms with E-state index in [1.54, 1.807) is 0 Å². The first-order valence-corrected chi connectivity index (χ1v) is 8.11. The maximum absolute atomic E-state index is 12.0. The second kappa shape index (κ2) is 7.99. The number of rotatable bonds is 9. The highest BCUT2D eigenvalue weighted by molar-refractivity contribution is 5.85. The van der Waals surface area contributed by atoms with Crippen LogP contribution in [0.1, 0.15) is 66.2 Å². The van der Waals surface area contributed by atoms with Gasteiger partial charge in [0.1, 0.15) is 5.54 Å². The van der Waals surface area contributed by atoms with Gasteiger partial charge in [-0.15, -0.1) is 0 Å². The number of primary amides is 1. The monoisotopic (exact) mass is 284 g/mol. The maximum atomic E-state index is 12.0. The molecule has 20 heavy (non-hydrogen) atoms. The lowest BCUT2D eigenvalue weighted by molar-refractivity contribution is -0.126. The van der Waals surface area contributed by atoms with Crippen molar-refractivity contribution >= 4 is 5.91 Å². The van der Waals surface area contributed by atoms with Crippen LogP contribution in [0.2, 0.25) is 0 Å². The smallest absolute Gasteiger partial charge is 0.238 e. The van der Waals surface area contributed by atoms with Crippen LogP contribution in [0.3, 0.4) is 0 Å². The second-order valence-corrected chi connectivity index (χ2v) is 6.48. The lowest BCUT2D eigenvalue weighted by Gasteiger charge is -2.35. The SMILES string of the molecule is CCCC(C)OCCC1CCCC1(NC(C)C)C(N)=O. The summed E-state index contributed by atoms with van der Waals surface area (Å²) >= 11 is 0. The Balaban J connectivity index is 2.55. The molecule has 0 aromatic heterocycles. The molecule has 1 rings (SSSR count). The number of carbonyl (C=O) groups excluding carboxylic acids is 1. The Bertz CT molecular complexity index is 307. The van der Waals surface area contributed by atoms with E-state index in [1.807, 2.05) is 0 Å². The van der Waals surface area contributed by atoms with Gasteiger partial charge in [-0.25, -0.2) is 0 Å². The molecule has 0 aliphatic heterocycles. The number of ether oxygens (including phenoxy) is 1. The van der Waals surface area contributed by atoms with Gasteiger partial charge in [0.25, 0.3) is 0 Å². The highest BCUT2D eigenvalue weighted by Gasteiger charge is 2.47. The van der Waals surface area contributed by atoms with E-state index in [2.05, 4.69) is 33.0 Å². The first kappa shape index (κ1) is 17.4. The van der Waals surface area contributed by atoms with E-state index < -0.39 is 5.54 Å². The van der Waals surface area contributed by atoms with E-state index in [0.717, 1.165) is 45.1 Å². The summed E-state index contributed by atoms with van der Waals surface area (Å²) in [6, 6.07) is 0.267. The molecule has 3 N–H and O–H groups in total. The fraction of sp³-hybridized carbons (Fsp3) is 0.938. The van der Waals surface area contributed by atoms with Crippen molar-refractivity contribution in [1.82, 2.24) is 5.32 Å². The molecule has 3 atom stereocenters.